The van der Waals surface area contributed by atoms with E-state index in [1.54, 1.807) is 12.3 Å². The molecular weight excluding hydrogens is 412 g/mol. The Balaban J connectivity index is 0.00000441. The van der Waals surface area contributed by atoms with Gasteiger partial charge in [0.2, 0.25) is 5.88 Å². The molecule has 22 heavy (non-hydrogen) atoms. The molecule has 0 saturated heterocycles. The fourth-order valence-electron chi connectivity index (χ4n) is 1.55. The van der Waals surface area contributed by atoms with E-state index >= 15 is 0 Å². The number of guanidine groups is 1. The van der Waals surface area contributed by atoms with Gasteiger partial charge in [-0.2, -0.15) is 13.2 Å². The molecule has 0 bridgehead atoms. The maximum atomic E-state index is 12.1. The molecule has 1 aromatic heterocycles. The second-order valence-corrected chi connectivity index (χ2v) is 4.12. The standard InChI is InChI=1S/C13H19F3N4O.HI/c1-3-21-11-10(5-4-7-18-11)9-20-12(17-2)19-8-6-13(14,15)16;/h4-5,7H,3,6,8-9H2,1-2H3,(H2,17,19,20);1H. The Morgan fingerprint density at radius 1 is 1.36 bits per heavy atom. The number of ether oxygens (including phenoxy) is 1. The Hall–Kier alpha value is -1.26. The van der Waals surface area contributed by atoms with Crippen LogP contribution >= 0.6 is 24.0 Å². The summed E-state index contributed by atoms with van der Waals surface area (Å²) in [5.74, 6) is 0.795. The van der Waals surface area contributed by atoms with Gasteiger partial charge < -0.3 is 15.4 Å². The van der Waals surface area contributed by atoms with Gasteiger partial charge in [0.25, 0.3) is 0 Å². The fourth-order valence-corrected chi connectivity index (χ4v) is 1.55. The summed E-state index contributed by atoms with van der Waals surface area (Å²) in [4.78, 5) is 7.96. The molecule has 2 N–H and O–H groups in total. The molecule has 0 aromatic carbocycles. The Labute approximate surface area is 144 Å². The molecule has 126 valence electrons. The molecule has 0 unspecified atom stereocenters. The average Bonchev–Trinajstić information content (AvgIpc) is 2.43. The van der Waals surface area contributed by atoms with Gasteiger partial charge in [-0.05, 0) is 13.0 Å². The highest BCUT2D eigenvalue weighted by Gasteiger charge is 2.26. The summed E-state index contributed by atoms with van der Waals surface area (Å²) >= 11 is 0. The molecule has 5 nitrogen and oxygen atoms in total. The van der Waals surface area contributed by atoms with Crippen molar-refractivity contribution in [3.63, 3.8) is 0 Å². The molecule has 0 radical (unpaired) electrons. The van der Waals surface area contributed by atoms with E-state index < -0.39 is 12.6 Å². The zero-order chi connectivity index (χ0) is 15.7. The number of nitrogens with one attached hydrogen (secondary N) is 2. The number of alkyl halides is 3. The first-order valence-corrected chi connectivity index (χ1v) is 6.54. The Kier molecular flexibility index (Phi) is 9.86. The lowest BCUT2D eigenvalue weighted by molar-refractivity contribution is -0.132. The molecule has 0 amide bonds. The lowest BCUT2D eigenvalue weighted by Gasteiger charge is -2.14. The van der Waals surface area contributed by atoms with Crippen molar-refractivity contribution in [1.82, 2.24) is 15.6 Å². The predicted octanol–water partition coefficient (Wildman–Crippen LogP) is 2.72. The molecule has 1 aromatic rings. The SMILES string of the molecule is CCOc1ncccc1CNC(=NC)NCCC(F)(F)F.I. The van der Waals surface area contributed by atoms with Gasteiger partial charge in [0, 0.05) is 31.9 Å². The van der Waals surface area contributed by atoms with E-state index in [1.165, 1.54) is 7.05 Å². The van der Waals surface area contributed by atoms with E-state index in [9.17, 15) is 13.2 Å². The van der Waals surface area contributed by atoms with E-state index in [2.05, 4.69) is 20.6 Å². The van der Waals surface area contributed by atoms with Gasteiger partial charge in [-0.3, -0.25) is 4.99 Å². The van der Waals surface area contributed by atoms with Gasteiger partial charge in [-0.25, -0.2) is 4.98 Å². The number of rotatable bonds is 6. The minimum absolute atomic E-state index is 0. The lowest BCUT2D eigenvalue weighted by atomic mass is 10.2. The maximum Gasteiger partial charge on any atom is 0.390 e. The van der Waals surface area contributed by atoms with E-state index in [1.807, 2.05) is 13.0 Å². The van der Waals surface area contributed by atoms with Crippen molar-refractivity contribution in [3.8, 4) is 5.88 Å². The van der Waals surface area contributed by atoms with Crippen LogP contribution in [-0.4, -0.2) is 37.3 Å². The molecular formula is C13H20F3IN4O. The van der Waals surface area contributed by atoms with E-state index in [-0.39, 0.29) is 30.5 Å². The smallest absolute Gasteiger partial charge is 0.390 e. The quantitative estimate of drug-likeness (QED) is 0.413. The zero-order valence-electron chi connectivity index (χ0n) is 12.4. The van der Waals surface area contributed by atoms with Crippen molar-refractivity contribution in [3.05, 3.63) is 23.9 Å². The molecule has 0 aliphatic rings. The minimum atomic E-state index is -4.18. The summed E-state index contributed by atoms with van der Waals surface area (Å²) in [6.07, 6.45) is -3.48. The van der Waals surface area contributed by atoms with E-state index in [0.29, 0.717) is 25.0 Å². The van der Waals surface area contributed by atoms with Crippen LogP contribution in [0.25, 0.3) is 0 Å². The normalized spacial score (nSPS) is 11.6. The first kappa shape index (κ1) is 20.7. The topological polar surface area (TPSA) is 58.5 Å². The number of hydrogen-bond donors (Lipinski definition) is 2. The monoisotopic (exact) mass is 432 g/mol. The molecule has 0 atom stereocenters. The third-order valence-corrected chi connectivity index (χ3v) is 2.50. The number of aromatic nitrogens is 1. The summed E-state index contributed by atoms with van der Waals surface area (Å²) in [5.41, 5.74) is 0.804. The Bertz CT molecular complexity index is 469. The van der Waals surface area contributed by atoms with Crippen LogP contribution in [0.15, 0.2) is 23.3 Å². The Morgan fingerprint density at radius 3 is 2.68 bits per heavy atom. The van der Waals surface area contributed by atoms with Crippen LogP contribution in [0, 0.1) is 0 Å². The van der Waals surface area contributed by atoms with Crippen LogP contribution < -0.4 is 15.4 Å². The summed E-state index contributed by atoms with van der Waals surface area (Å²) in [6, 6.07) is 3.59. The van der Waals surface area contributed by atoms with Crippen molar-refractivity contribution in [2.75, 3.05) is 20.2 Å². The van der Waals surface area contributed by atoms with Gasteiger partial charge in [0.15, 0.2) is 5.96 Å². The predicted molar refractivity (Wildman–Crippen MR) is 89.7 cm³/mol. The second-order valence-electron chi connectivity index (χ2n) is 4.12. The van der Waals surface area contributed by atoms with Crippen molar-refractivity contribution in [1.29, 1.82) is 0 Å². The van der Waals surface area contributed by atoms with Crippen LogP contribution in [0.1, 0.15) is 18.9 Å². The lowest BCUT2D eigenvalue weighted by Crippen LogP contribution is -2.38. The summed E-state index contributed by atoms with van der Waals surface area (Å²) < 4.78 is 41.6. The largest absolute Gasteiger partial charge is 0.478 e. The van der Waals surface area contributed by atoms with Crippen LogP contribution in [-0.2, 0) is 6.54 Å². The number of halogens is 4. The second kappa shape index (κ2) is 10.5. The highest BCUT2D eigenvalue weighted by molar-refractivity contribution is 14.0. The van der Waals surface area contributed by atoms with Crippen molar-refractivity contribution < 1.29 is 17.9 Å². The van der Waals surface area contributed by atoms with Gasteiger partial charge in [0.05, 0.1) is 13.0 Å². The third kappa shape index (κ3) is 8.25. The van der Waals surface area contributed by atoms with Crippen molar-refractivity contribution in [2.24, 2.45) is 4.99 Å². The molecule has 0 fully saturated rings. The van der Waals surface area contributed by atoms with Gasteiger partial charge >= 0.3 is 6.18 Å². The van der Waals surface area contributed by atoms with Crippen LogP contribution in [0.3, 0.4) is 0 Å². The van der Waals surface area contributed by atoms with Crippen LogP contribution in [0.4, 0.5) is 13.2 Å². The van der Waals surface area contributed by atoms with E-state index in [4.69, 9.17) is 4.74 Å². The van der Waals surface area contributed by atoms with Gasteiger partial charge in [-0.15, -0.1) is 24.0 Å². The number of hydrogen-bond acceptors (Lipinski definition) is 3. The highest BCUT2D eigenvalue weighted by Crippen LogP contribution is 2.18. The van der Waals surface area contributed by atoms with Gasteiger partial charge in [0.1, 0.15) is 0 Å². The minimum Gasteiger partial charge on any atom is -0.478 e. The summed E-state index contributed by atoms with van der Waals surface area (Å²) in [6.45, 7) is 2.47. The van der Waals surface area contributed by atoms with Crippen LogP contribution in [0.5, 0.6) is 5.88 Å². The fraction of sp³-hybridized carbons (Fsp3) is 0.538. The Morgan fingerprint density at radius 2 is 2.09 bits per heavy atom. The number of nitrogens with zero attached hydrogens (tertiary/aromatic N) is 2. The third-order valence-electron chi connectivity index (χ3n) is 2.50. The molecule has 0 aliphatic heterocycles. The van der Waals surface area contributed by atoms with Crippen molar-refractivity contribution >= 4 is 29.9 Å². The highest BCUT2D eigenvalue weighted by atomic mass is 127. The van der Waals surface area contributed by atoms with E-state index in [0.717, 1.165) is 5.56 Å². The molecule has 0 aliphatic carbocycles. The maximum absolute atomic E-state index is 12.1. The number of aliphatic imine (C=N–C) groups is 1. The first-order chi connectivity index (χ1) is 9.96. The molecule has 0 saturated carbocycles. The van der Waals surface area contributed by atoms with Crippen LogP contribution in [0.2, 0.25) is 0 Å². The molecule has 1 heterocycles. The zero-order valence-corrected chi connectivity index (χ0v) is 14.7. The molecule has 9 heteroatoms. The van der Waals surface area contributed by atoms with Crippen molar-refractivity contribution in [2.45, 2.75) is 26.1 Å². The number of pyridine rings is 1. The summed E-state index contributed by atoms with van der Waals surface area (Å²) in [5, 5.41) is 5.53. The average molecular weight is 432 g/mol. The molecule has 0 spiro atoms. The first-order valence-electron chi connectivity index (χ1n) is 6.54. The molecule has 1 rings (SSSR count). The summed E-state index contributed by atoms with van der Waals surface area (Å²) in [7, 11) is 1.50. The van der Waals surface area contributed by atoms with Gasteiger partial charge in [-0.1, -0.05) is 6.07 Å².